The lowest BCUT2D eigenvalue weighted by Gasteiger charge is -2.28. The average Bonchev–Trinajstić information content (AvgIpc) is 3.09. The monoisotopic (exact) mass is 343 g/mol. The fourth-order valence-electron chi connectivity index (χ4n) is 3.77. The smallest absolute Gasteiger partial charge is 0.228 e. The Kier molecular flexibility index (Phi) is 6.08. The number of amides is 2. The summed E-state index contributed by atoms with van der Waals surface area (Å²) in [6.45, 7) is 4.11. The lowest BCUT2D eigenvalue weighted by Crippen LogP contribution is -2.47. The maximum Gasteiger partial charge on any atom is 0.228 e. The molecule has 2 aliphatic rings. The van der Waals surface area contributed by atoms with E-state index in [1.165, 1.54) is 17.5 Å². The van der Waals surface area contributed by atoms with Crippen LogP contribution in [0.1, 0.15) is 43.7 Å². The van der Waals surface area contributed by atoms with Crippen LogP contribution in [-0.2, 0) is 22.4 Å². The molecule has 1 saturated heterocycles. The Hall–Kier alpha value is -1.88. The number of piperidine rings is 1. The molecule has 0 radical (unpaired) electrons. The quantitative estimate of drug-likeness (QED) is 0.694. The molecule has 1 aliphatic heterocycles. The van der Waals surface area contributed by atoms with Crippen molar-refractivity contribution >= 4 is 17.5 Å². The largest absolute Gasteiger partial charge is 0.356 e. The van der Waals surface area contributed by atoms with Gasteiger partial charge in [0, 0.05) is 25.3 Å². The van der Waals surface area contributed by atoms with Gasteiger partial charge in [-0.05, 0) is 55.4 Å². The first-order chi connectivity index (χ1) is 12.2. The molecule has 0 aromatic heterocycles. The topological polar surface area (TPSA) is 70.2 Å². The van der Waals surface area contributed by atoms with Gasteiger partial charge in [0.05, 0.1) is 11.8 Å². The van der Waals surface area contributed by atoms with Gasteiger partial charge in [-0.25, -0.2) is 0 Å². The minimum Gasteiger partial charge on any atom is -0.356 e. The molecular formula is C20H29N3O2. The number of carbonyl (C=O) groups is 2. The van der Waals surface area contributed by atoms with Crippen LogP contribution in [0.3, 0.4) is 0 Å². The Morgan fingerprint density at radius 2 is 1.88 bits per heavy atom. The highest BCUT2D eigenvalue weighted by Crippen LogP contribution is 2.26. The van der Waals surface area contributed by atoms with Crippen molar-refractivity contribution in [2.45, 2.75) is 45.4 Å². The second kappa shape index (κ2) is 8.48. The van der Waals surface area contributed by atoms with Gasteiger partial charge in [0.2, 0.25) is 11.8 Å². The fraction of sp³-hybridized carbons (Fsp3) is 0.600. The number of fused-ring (bicyclic) bond motifs is 1. The number of benzene rings is 1. The number of anilines is 1. The van der Waals surface area contributed by atoms with Crippen molar-refractivity contribution in [3.63, 3.8) is 0 Å². The van der Waals surface area contributed by atoms with Crippen molar-refractivity contribution in [1.29, 1.82) is 0 Å². The number of rotatable bonds is 6. The number of carbonyl (C=O) groups excluding carboxylic acids is 2. The Labute approximate surface area is 150 Å². The average molecular weight is 343 g/mol. The first-order valence-corrected chi connectivity index (χ1v) is 9.58. The highest BCUT2D eigenvalue weighted by atomic mass is 16.2. The third-order valence-electron chi connectivity index (χ3n) is 5.29. The predicted molar refractivity (Wildman–Crippen MR) is 99.5 cm³/mol. The normalized spacial score (nSPS) is 22.3. The maximum absolute atomic E-state index is 12.6. The molecule has 2 atom stereocenters. The summed E-state index contributed by atoms with van der Waals surface area (Å²) in [5.41, 5.74) is 3.63. The fourth-order valence-corrected chi connectivity index (χ4v) is 3.77. The third kappa shape index (κ3) is 4.60. The zero-order valence-corrected chi connectivity index (χ0v) is 15.1. The van der Waals surface area contributed by atoms with E-state index in [1.54, 1.807) is 0 Å². The van der Waals surface area contributed by atoms with Gasteiger partial charge in [0.15, 0.2) is 0 Å². The summed E-state index contributed by atoms with van der Waals surface area (Å²) >= 11 is 0. The SMILES string of the molecule is CCCCNC(=O)[C@@H]1CNC[C@H](C(=O)Nc2ccc3c(c2)CCC3)C1. The van der Waals surface area contributed by atoms with Crippen molar-refractivity contribution in [2.75, 3.05) is 25.0 Å². The summed E-state index contributed by atoms with van der Waals surface area (Å²) in [6, 6.07) is 6.22. The van der Waals surface area contributed by atoms with Gasteiger partial charge in [-0.2, -0.15) is 0 Å². The van der Waals surface area contributed by atoms with Gasteiger partial charge < -0.3 is 16.0 Å². The van der Waals surface area contributed by atoms with E-state index in [0.717, 1.165) is 37.9 Å². The van der Waals surface area contributed by atoms with Gasteiger partial charge in [-0.3, -0.25) is 9.59 Å². The predicted octanol–water partition coefficient (Wildman–Crippen LogP) is 2.26. The second-order valence-corrected chi connectivity index (χ2v) is 7.26. The van der Waals surface area contributed by atoms with Crippen LogP contribution in [0.5, 0.6) is 0 Å². The van der Waals surface area contributed by atoms with Crippen LogP contribution in [0.15, 0.2) is 18.2 Å². The summed E-state index contributed by atoms with van der Waals surface area (Å²) in [5, 5.41) is 9.27. The standard InChI is InChI=1S/C20H29N3O2/c1-2-3-9-22-19(24)16-10-17(13-21-12-16)20(25)23-18-8-7-14-5-4-6-15(14)11-18/h7-8,11,16-17,21H,2-6,9-10,12-13H2,1H3,(H,22,24)(H,23,25)/t16-,17+/m0/s1. The highest BCUT2D eigenvalue weighted by Gasteiger charge is 2.31. The minimum atomic E-state index is -0.163. The van der Waals surface area contributed by atoms with E-state index in [2.05, 4.69) is 35.0 Å². The Morgan fingerprint density at radius 3 is 2.68 bits per heavy atom. The molecule has 25 heavy (non-hydrogen) atoms. The molecule has 0 bridgehead atoms. The van der Waals surface area contributed by atoms with E-state index in [-0.39, 0.29) is 23.7 Å². The summed E-state index contributed by atoms with van der Waals surface area (Å²) in [4.78, 5) is 24.9. The van der Waals surface area contributed by atoms with Crippen LogP contribution in [0, 0.1) is 11.8 Å². The zero-order chi connectivity index (χ0) is 17.6. The van der Waals surface area contributed by atoms with Crippen LogP contribution in [0.25, 0.3) is 0 Å². The molecular weight excluding hydrogens is 314 g/mol. The van der Waals surface area contributed by atoms with Gasteiger partial charge in [-0.1, -0.05) is 19.4 Å². The van der Waals surface area contributed by atoms with E-state index in [4.69, 9.17) is 0 Å². The van der Waals surface area contributed by atoms with E-state index in [9.17, 15) is 9.59 Å². The molecule has 1 aromatic carbocycles. The summed E-state index contributed by atoms with van der Waals surface area (Å²) < 4.78 is 0. The van der Waals surface area contributed by atoms with Crippen molar-refractivity contribution in [3.05, 3.63) is 29.3 Å². The van der Waals surface area contributed by atoms with Gasteiger partial charge >= 0.3 is 0 Å². The van der Waals surface area contributed by atoms with Crippen molar-refractivity contribution in [3.8, 4) is 0 Å². The third-order valence-corrected chi connectivity index (χ3v) is 5.29. The second-order valence-electron chi connectivity index (χ2n) is 7.26. The molecule has 0 unspecified atom stereocenters. The van der Waals surface area contributed by atoms with Crippen LogP contribution in [0.2, 0.25) is 0 Å². The first kappa shape index (κ1) is 17.9. The number of hydrogen-bond donors (Lipinski definition) is 3. The van der Waals surface area contributed by atoms with Crippen molar-refractivity contribution < 1.29 is 9.59 Å². The molecule has 136 valence electrons. The maximum atomic E-state index is 12.6. The van der Waals surface area contributed by atoms with Crippen LogP contribution < -0.4 is 16.0 Å². The molecule has 1 fully saturated rings. The number of hydrogen-bond acceptors (Lipinski definition) is 3. The highest BCUT2D eigenvalue weighted by molar-refractivity contribution is 5.93. The first-order valence-electron chi connectivity index (χ1n) is 9.58. The number of aryl methyl sites for hydroxylation is 2. The van der Waals surface area contributed by atoms with Crippen molar-refractivity contribution in [1.82, 2.24) is 10.6 Å². The molecule has 2 amide bonds. The molecule has 3 rings (SSSR count). The lowest BCUT2D eigenvalue weighted by molar-refractivity contribution is -0.127. The van der Waals surface area contributed by atoms with E-state index >= 15 is 0 Å². The number of unbranched alkanes of at least 4 members (excludes halogenated alkanes) is 1. The van der Waals surface area contributed by atoms with E-state index < -0.39 is 0 Å². The lowest BCUT2D eigenvalue weighted by atomic mass is 9.89. The van der Waals surface area contributed by atoms with Crippen LogP contribution >= 0.6 is 0 Å². The Morgan fingerprint density at radius 1 is 1.12 bits per heavy atom. The van der Waals surface area contributed by atoms with E-state index in [0.29, 0.717) is 19.5 Å². The zero-order valence-electron chi connectivity index (χ0n) is 15.1. The molecule has 1 heterocycles. The van der Waals surface area contributed by atoms with Crippen molar-refractivity contribution in [2.24, 2.45) is 11.8 Å². The Balaban J connectivity index is 1.54. The number of nitrogens with one attached hydrogen (secondary N) is 3. The molecule has 0 spiro atoms. The van der Waals surface area contributed by atoms with Gasteiger partial charge in [0.25, 0.3) is 0 Å². The van der Waals surface area contributed by atoms with Gasteiger partial charge in [0.1, 0.15) is 0 Å². The molecule has 5 nitrogen and oxygen atoms in total. The van der Waals surface area contributed by atoms with E-state index in [1.807, 2.05) is 6.07 Å². The molecule has 3 N–H and O–H groups in total. The van der Waals surface area contributed by atoms with Gasteiger partial charge in [-0.15, -0.1) is 0 Å². The summed E-state index contributed by atoms with van der Waals surface area (Å²) in [6.07, 6.45) is 6.12. The molecule has 5 heteroatoms. The minimum absolute atomic E-state index is 0.0107. The van der Waals surface area contributed by atoms with Crippen LogP contribution in [0.4, 0.5) is 5.69 Å². The Bertz CT molecular complexity index is 629. The molecule has 1 aliphatic carbocycles. The summed E-state index contributed by atoms with van der Waals surface area (Å²) in [7, 11) is 0. The molecule has 0 saturated carbocycles. The van der Waals surface area contributed by atoms with Crippen LogP contribution in [-0.4, -0.2) is 31.4 Å². The summed E-state index contributed by atoms with van der Waals surface area (Å²) in [5.74, 6) is -0.210. The molecule has 1 aromatic rings.